The lowest BCUT2D eigenvalue weighted by Crippen LogP contribution is -2.39. The molecule has 1 saturated carbocycles. The van der Waals surface area contributed by atoms with Crippen molar-refractivity contribution in [1.29, 1.82) is 0 Å². The normalized spacial score (nSPS) is 15.4. The van der Waals surface area contributed by atoms with Gasteiger partial charge in [-0.2, -0.15) is 0 Å². The molecular formula is C17H20N2O2S. The predicted octanol–water partition coefficient (Wildman–Crippen LogP) is 3.91. The van der Waals surface area contributed by atoms with Gasteiger partial charge < -0.3 is 9.64 Å². The second-order valence-electron chi connectivity index (χ2n) is 5.69. The molecule has 1 heterocycles. The second kappa shape index (κ2) is 6.08. The maximum atomic E-state index is 13.0. The Labute approximate surface area is 134 Å². The Morgan fingerprint density at radius 1 is 1.36 bits per heavy atom. The van der Waals surface area contributed by atoms with Gasteiger partial charge in [-0.3, -0.25) is 4.79 Å². The summed E-state index contributed by atoms with van der Waals surface area (Å²) in [5, 5.41) is 0.914. The number of carbonyl (C=O) groups excluding carboxylic acids is 1. The van der Waals surface area contributed by atoms with Gasteiger partial charge in [0.15, 0.2) is 0 Å². The molecule has 0 N–H and O–H groups in total. The van der Waals surface area contributed by atoms with Gasteiger partial charge in [-0.05, 0) is 56.9 Å². The van der Waals surface area contributed by atoms with Gasteiger partial charge >= 0.3 is 0 Å². The summed E-state index contributed by atoms with van der Waals surface area (Å²) >= 11 is 1.45. The molecule has 5 heteroatoms. The molecule has 1 aliphatic rings. The minimum absolute atomic E-state index is 0.0372. The van der Waals surface area contributed by atoms with Crippen LogP contribution in [0.4, 0.5) is 5.69 Å². The van der Waals surface area contributed by atoms with E-state index in [-0.39, 0.29) is 11.9 Å². The number of benzene rings is 1. The van der Waals surface area contributed by atoms with E-state index in [9.17, 15) is 4.79 Å². The highest BCUT2D eigenvalue weighted by Crippen LogP contribution is 2.38. The first-order chi connectivity index (χ1) is 10.6. The van der Waals surface area contributed by atoms with Crippen LogP contribution >= 0.6 is 11.3 Å². The molecule has 1 amide bonds. The van der Waals surface area contributed by atoms with Crippen molar-refractivity contribution >= 4 is 22.9 Å². The van der Waals surface area contributed by atoms with Crippen molar-refractivity contribution in [2.24, 2.45) is 5.92 Å². The summed E-state index contributed by atoms with van der Waals surface area (Å²) in [5.74, 6) is 1.43. The van der Waals surface area contributed by atoms with Gasteiger partial charge in [0, 0.05) is 11.7 Å². The molecule has 1 aliphatic carbocycles. The summed E-state index contributed by atoms with van der Waals surface area (Å²) in [7, 11) is 1.64. The standard InChI is InChI=1S/C17H20N2O2S/c1-11(13-4-5-13)19(14-6-8-15(21-3)9-7-14)17(20)16-10-18-12(2)22-16/h6-11,13H,4-5H2,1-3H3. The molecule has 1 aromatic carbocycles. The summed E-state index contributed by atoms with van der Waals surface area (Å²) in [4.78, 5) is 19.8. The first-order valence-electron chi connectivity index (χ1n) is 7.50. The van der Waals surface area contributed by atoms with E-state index in [4.69, 9.17) is 4.74 Å². The molecule has 1 atom stereocenters. The minimum Gasteiger partial charge on any atom is -0.497 e. The Bertz CT molecular complexity index is 662. The summed E-state index contributed by atoms with van der Waals surface area (Å²) in [6.45, 7) is 4.05. The molecule has 1 fully saturated rings. The van der Waals surface area contributed by atoms with Gasteiger partial charge in [-0.15, -0.1) is 11.3 Å². The van der Waals surface area contributed by atoms with Gasteiger partial charge in [0.2, 0.25) is 0 Å². The molecule has 0 saturated heterocycles. The third-order valence-electron chi connectivity index (χ3n) is 4.11. The molecular weight excluding hydrogens is 296 g/mol. The number of ether oxygens (including phenoxy) is 1. The van der Waals surface area contributed by atoms with Crippen LogP contribution in [0.1, 0.15) is 34.4 Å². The lowest BCUT2D eigenvalue weighted by atomic mass is 10.1. The smallest absolute Gasteiger partial charge is 0.270 e. The summed E-state index contributed by atoms with van der Waals surface area (Å²) in [5.41, 5.74) is 0.913. The lowest BCUT2D eigenvalue weighted by Gasteiger charge is -2.29. The van der Waals surface area contributed by atoms with Crippen LogP contribution in [0.3, 0.4) is 0 Å². The molecule has 0 spiro atoms. The first kappa shape index (κ1) is 15.0. The molecule has 0 radical (unpaired) electrons. The lowest BCUT2D eigenvalue weighted by molar-refractivity contribution is 0.0979. The number of methoxy groups -OCH3 is 1. The molecule has 0 bridgehead atoms. The maximum absolute atomic E-state index is 13.0. The fraction of sp³-hybridized carbons (Fsp3) is 0.412. The Morgan fingerprint density at radius 2 is 2.05 bits per heavy atom. The van der Waals surface area contributed by atoms with Crippen molar-refractivity contribution < 1.29 is 9.53 Å². The van der Waals surface area contributed by atoms with Crippen LogP contribution in [0, 0.1) is 12.8 Å². The SMILES string of the molecule is COc1ccc(N(C(=O)c2cnc(C)s2)C(C)C2CC2)cc1. The van der Waals surface area contributed by atoms with Gasteiger partial charge in [-0.25, -0.2) is 4.98 Å². The number of thiazole rings is 1. The number of nitrogens with zero attached hydrogens (tertiary/aromatic N) is 2. The zero-order chi connectivity index (χ0) is 15.7. The predicted molar refractivity (Wildman–Crippen MR) is 88.8 cm³/mol. The largest absolute Gasteiger partial charge is 0.497 e. The van der Waals surface area contributed by atoms with E-state index in [0.717, 1.165) is 16.4 Å². The van der Waals surface area contributed by atoms with Crippen LogP contribution in [0.2, 0.25) is 0 Å². The van der Waals surface area contributed by atoms with Crippen LogP contribution in [0.5, 0.6) is 5.75 Å². The highest BCUT2D eigenvalue weighted by Gasteiger charge is 2.36. The summed E-state index contributed by atoms with van der Waals surface area (Å²) in [6.07, 6.45) is 4.07. The molecule has 3 rings (SSSR count). The number of amides is 1. The van der Waals surface area contributed by atoms with E-state index in [1.165, 1.54) is 24.2 Å². The number of aromatic nitrogens is 1. The number of hydrogen-bond donors (Lipinski definition) is 0. The molecule has 4 nitrogen and oxygen atoms in total. The van der Waals surface area contributed by atoms with Crippen molar-refractivity contribution in [3.05, 3.63) is 40.3 Å². The molecule has 0 aliphatic heterocycles. The van der Waals surface area contributed by atoms with E-state index in [0.29, 0.717) is 10.8 Å². The zero-order valence-electron chi connectivity index (χ0n) is 13.1. The van der Waals surface area contributed by atoms with E-state index in [1.54, 1.807) is 13.3 Å². The monoisotopic (exact) mass is 316 g/mol. The Morgan fingerprint density at radius 3 is 2.55 bits per heavy atom. The third kappa shape index (κ3) is 2.99. The van der Waals surface area contributed by atoms with E-state index in [2.05, 4.69) is 11.9 Å². The van der Waals surface area contributed by atoms with Crippen LogP contribution < -0.4 is 9.64 Å². The van der Waals surface area contributed by atoms with Crippen LogP contribution in [-0.4, -0.2) is 24.0 Å². The average molecular weight is 316 g/mol. The summed E-state index contributed by atoms with van der Waals surface area (Å²) in [6, 6.07) is 7.89. The Kier molecular flexibility index (Phi) is 4.16. The second-order valence-corrected chi connectivity index (χ2v) is 6.93. The van der Waals surface area contributed by atoms with Gasteiger partial charge in [0.1, 0.15) is 10.6 Å². The Hall–Kier alpha value is -1.88. The fourth-order valence-electron chi connectivity index (χ4n) is 2.65. The highest BCUT2D eigenvalue weighted by molar-refractivity contribution is 7.13. The van der Waals surface area contributed by atoms with Crippen molar-refractivity contribution in [3.63, 3.8) is 0 Å². The van der Waals surface area contributed by atoms with E-state index in [1.807, 2.05) is 36.1 Å². The van der Waals surface area contributed by atoms with Crippen molar-refractivity contribution in [3.8, 4) is 5.75 Å². The van der Waals surface area contributed by atoms with Crippen LogP contribution in [0.25, 0.3) is 0 Å². The molecule has 116 valence electrons. The number of hydrogen-bond acceptors (Lipinski definition) is 4. The molecule has 1 aromatic heterocycles. The van der Waals surface area contributed by atoms with Gasteiger partial charge in [0.25, 0.3) is 5.91 Å². The molecule has 2 aromatic rings. The van der Waals surface area contributed by atoms with Gasteiger partial charge in [-0.1, -0.05) is 0 Å². The van der Waals surface area contributed by atoms with Gasteiger partial charge in [0.05, 0.1) is 18.3 Å². The number of anilines is 1. The van der Waals surface area contributed by atoms with Crippen molar-refractivity contribution in [2.75, 3.05) is 12.0 Å². The van der Waals surface area contributed by atoms with E-state index >= 15 is 0 Å². The zero-order valence-corrected chi connectivity index (χ0v) is 13.9. The minimum atomic E-state index is 0.0372. The van der Waals surface area contributed by atoms with E-state index < -0.39 is 0 Å². The quantitative estimate of drug-likeness (QED) is 0.840. The fourth-order valence-corrected chi connectivity index (χ4v) is 3.36. The van der Waals surface area contributed by atoms with Crippen LogP contribution in [0.15, 0.2) is 30.5 Å². The first-order valence-corrected chi connectivity index (χ1v) is 8.32. The third-order valence-corrected chi connectivity index (χ3v) is 5.01. The Balaban J connectivity index is 1.93. The number of aryl methyl sites for hydroxylation is 1. The number of rotatable bonds is 5. The topological polar surface area (TPSA) is 42.4 Å². The highest BCUT2D eigenvalue weighted by atomic mass is 32.1. The van der Waals surface area contributed by atoms with Crippen molar-refractivity contribution in [1.82, 2.24) is 4.98 Å². The molecule has 22 heavy (non-hydrogen) atoms. The molecule has 1 unspecified atom stereocenters. The van der Waals surface area contributed by atoms with Crippen molar-refractivity contribution in [2.45, 2.75) is 32.7 Å². The average Bonchev–Trinajstić information content (AvgIpc) is 3.29. The number of carbonyl (C=O) groups is 1. The van der Waals surface area contributed by atoms with Crippen LogP contribution in [-0.2, 0) is 0 Å². The maximum Gasteiger partial charge on any atom is 0.270 e. The summed E-state index contributed by atoms with van der Waals surface area (Å²) < 4.78 is 5.21.